The lowest BCUT2D eigenvalue weighted by Crippen LogP contribution is -2.60. The van der Waals surface area contributed by atoms with Crippen LogP contribution >= 0.6 is 11.6 Å². The van der Waals surface area contributed by atoms with Gasteiger partial charge in [0.25, 0.3) is 5.91 Å². The van der Waals surface area contributed by atoms with E-state index in [0.29, 0.717) is 42.8 Å². The number of aliphatic hydroxyl groups is 1. The lowest BCUT2D eigenvalue weighted by atomic mass is 9.66. The van der Waals surface area contributed by atoms with Gasteiger partial charge < -0.3 is 24.4 Å². The van der Waals surface area contributed by atoms with Crippen LogP contribution in [0.1, 0.15) is 58.4 Å². The van der Waals surface area contributed by atoms with E-state index in [1.165, 1.54) is 4.90 Å². The molecule has 3 saturated heterocycles. The first kappa shape index (κ1) is 31.3. The summed E-state index contributed by atoms with van der Waals surface area (Å²) in [4.78, 5) is 46.0. The van der Waals surface area contributed by atoms with Crippen molar-refractivity contribution in [3.63, 3.8) is 0 Å². The van der Waals surface area contributed by atoms with Gasteiger partial charge in [0.1, 0.15) is 17.6 Å². The van der Waals surface area contributed by atoms with Crippen molar-refractivity contribution in [3.05, 3.63) is 54.1 Å². The minimum Gasteiger partial charge on any atom is -0.465 e. The normalized spacial score (nSPS) is 29.7. The van der Waals surface area contributed by atoms with Crippen LogP contribution in [0.4, 0.5) is 5.69 Å². The molecule has 7 atom stereocenters. The Morgan fingerprint density at radius 2 is 2.05 bits per heavy atom. The molecule has 3 fully saturated rings. The van der Waals surface area contributed by atoms with Crippen molar-refractivity contribution in [2.75, 3.05) is 24.7 Å². The van der Waals surface area contributed by atoms with Crippen molar-refractivity contribution in [1.82, 2.24) is 4.90 Å². The van der Waals surface area contributed by atoms with E-state index in [4.69, 9.17) is 21.1 Å². The fourth-order valence-corrected chi connectivity index (χ4v) is 7.52. The van der Waals surface area contributed by atoms with Crippen molar-refractivity contribution < 1.29 is 29.0 Å². The third-order valence-electron chi connectivity index (χ3n) is 9.38. The standard InChI is InChI=1S/C32H43ClN2O6/c1-7-10-11-18-40-30(39)25-24-28(37)35(23(19-36)20(4)9-3)27(32(24)16-15-31(25,6)41-32)29(38)34(17-8-2)26-21(5)13-12-14-22(26)33/h7-8,12-14,20,23-25,27,36H,1-2,9-11,15-19H2,3-6H3/t20-,23-,24-,25+,27?,31-,32?/m0/s1. The van der Waals surface area contributed by atoms with E-state index in [-0.39, 0.29) is 37.5 Å². The summed E-state index contributed by atoms with van der Waals surface area (Å²) >= 11 is 6.64. The van der Waals surface area contributed by atoms with Gasteiger partial charge in [-0.05, 0) is 57.1 Å². The highest BCUT2D eigenvalue weighted by atomic mass is 35.5. The maximum Gasteiger partial charge on any atom is 0.312 e. The fraction of sp³-hybridized carbons (Fsp3) is 0.594. The summed E-state index contributed by atoms with van der Waals surface area (Å²) < 4.78 is 12.4. The second kappa shape index (κ2) is 12.3. The van der Waals surface area contributed by atoms with Gasteiger partial charge >= 0.3 is 5.97 Å². The number of hydrogen-bond acceptors (Lipinski definition) is 6. The molecule has 2 amide bonds. The maximum absolute atomic E-state index is 14.8. The summed E-state index contributed by atoms with van der Waals surface area (Å²) in [6, 6.07) is 3.70. The third-order valence-corrected chi connectivity index (χ3v) is 9.69. The smallest absolute Gasteiger partial charge is 0.312 e. The summed E-state index contributed by atoms with van der Waals surface area (Å²) in [6.45, 7) is 15.3. The topological polar surface area (TPSA) is 96.4 Å². The van der Waals surface area contributed by atoms with Gasteiger partial charge in [0.05, 0.1) is 41.5 Å². The molecule has 2 bridgehead atoms. The fourth-order valence-electron chi connectivity index (χ4n) is 7.20. The van der Waals surface area contributed by atoms with Gasteiger partial charge in [-0.15, -0.1) is 13.2 Å². The molecule has 2 unspecified atom stereocenters. The summed E-state index contributed by atoms with van der Waals surface area (Å²) in [6.07, 6.45) is 6.32. The van der Waals surface area contributed by atoms with Gasteiger partial charge in [0.15, 0.2) is 0 Å². The molecule has 9 heteroatoms. The molecule has 1 aromatic rings. The minimum absolute atomic E-state index is 0.110. The highest BCUT2D eigenvalue weighted by Gasteiger charge is 2.79. The number of rotatable bonds is 13. The quantitative estimate of drug-likeness (QED) is 0.202. The summed E-state index contributed by atoms with van der Waals surface area (Å²) in [5.74, 6) is -3.09. The SMILES string of the molecule is C=CCCCOC(=O)[C@H]1[C@H]2C(=O)N([C@@H](CO)[C@@H](C)CC)C(C(=O)N(CC=C)c3c(C)cccc3Cl)C23CC[C@]1(C)O3. The van der Waals surface area contributed by atoms with Crippen molar-refractivity contribution in [2.45, 2.75) is 83.1 Å². The molecule has 3 aliphatic heterocycles. The predicted molar refractivity (Wildman–Crippen MR) is 159 cm³/mol. The molecule has 8 nitrogen and oxygen atoms in total. The lowest BCUT2D eigenvalue weighted by Gasteiger charge is -2.41. The van der Waals surface area contributed by atoms with E-state index in [1.54, 1.807) is 23.1 Å². The van der Waals surface area contributed by atoms with Crippen molar-refractivity contribution >= 4 is 35.1 Å². The highest BCUT2D eigenvalue weighted by Crippen LogP contribution is 2.64. The number of amides is 2. The maximum atomic E-state index is 14.8. The number of benzene rings is 1. The zero-order chi connectivity index (χ0) is 30.1. The third kappa shape index (κ3) is 5.12. The van der Waals surface area contributed by atoms with Crippen LogP contribution in [0.25, 0.3) is 0 Å². The number of para-hydroxylation sites is 1. The van der Waals surface area contributed by atoms with E-state index in [9.17, 15) is 19.5 Å². The summed E-state index contributed by atoms with van der Waals surface area (Å²) in [5.41, 5.74) is -0.867. The van der Waals surface area contributed by atoms with Gasteiger partial charge in [-0.3, -0.25) is 14.4 Å². The minimum atomic E-state index is -1.25. The number of ether oxygens (including phenoxy) is 2. The molecule has 224 valence electrons. The average Bonchev–Trinajstić information content (AvgIpc) is 3.51. The number of unbranched alkanes of at least 4 members (excludes halogenated alkanes) is 1. The molecule has 3 heterocycles. The first-order valence-electron chi connectivity index (χ1n) is 14.6. The molecule has 1 aromatic carbocycles. The number of allylic oxidation sites excluding steroid dienone is 1. The Hall–Kier alpha value is -2.68. The van der Waals surface area contributed by atoms with Crippen LogP contribution in [0.5, 0.6) is 0 Å². The largest absolute Gasteiger partial charge is 0.465 e. The predicted octanol–water partition coefficient (Wildman–Crippen LogP) is 4.85. The van der Waals surface area contributed by atoms with Gasteiger partial charge in [-0.25, -0.2) is 0 Å². The molecular formula is C32H43ClN2O6. The number of nitrogens with zero attached hydrogens (tertiary/aromatic N) is 2. The van der Waals surface area contributed by atoms with Gasteiger partial charge in [0, 0.05) is 6.54 Å². The van der Waals surface area contributed by atoms with Crippen molar-refractivity contribution in [2.24, 2.45) is 17.8 Å². The zero-order valence-corrected chi connectivity index (χ0v) is 25.4. The number of likely N-dealkylation sites (tertiary alicyclic amines) is 1. The highest BCUT2D eigenvalue weighted by molar-refractivity contribution is 6.34. The Morgan fingerprint density at radius 1 is 1.32 bits per heavy atom. The van der Waals surface area contributed by atoms with Crippen LogP contribution in [0.15, 0.2) is 43.5 Å². The number of carbonyl (C=O) groups is 3. The molecule has 0 saturated carbocycles. The Balaban J connectivity index is 1.84. The van der Waals surface area contributed by atoms with Gasteiger partial charge in [-0.1, -0.05) is 56.2 Å². The number of carbonyl (C=O) groups excluding carboxylic acids is 3. The lowest BCUT2D eigenvalue weighted by molar-refractivity contribution is -0.161. The second-order valence-electron chi connectivity index (χ2n) is 11.8. The van der Waals surface area contributed by atoms with Crippen LogP contribution in [-0.4, -0.2) is 70.8 Å². The summed E-state index contributed by atoms with van der Waals surface area (Å²) in [7, 11) is 0. The van der Waals surface area contributed by atoms with E-state index in [1.807, 2.05) is 39.8 Å². The molecule has 1 N–H and O–H groups in total. The Labute approximate surface area is 248 Å². The first-order chi connectivity index (χ1) is 19.5. The van der Waals surface area contributed by atoms with Crippen LogP contribution < -0.4 is 4.90 Å². The Morgan fingerprint density at radius 3 is 2.66 bits per heavy atom. The number of aliphatic hydroxyl groups excluding tert-OH is 1. The molecule has 4 rings (SSSR count). The van der Waals surface area contributed by atoms with E-state index in [0.717, 1.165) is 5.56 Å². The van der Waals surface area contributed by atoms with E-state index in [2.05, 4.69) is 13.2 Å². The summed E-state index contributed by atoms with van der Waals surface area (Å²) in [5, 5.41) is 11.0. The Kier molecular flexibility index (Phi) is 9.36. The molecule has 0 aliphatic carbocycles. The molecular weight excluding hydrogens is 544 g/mol. The number of fused-ring (bicyclic) bond motifs is 1. The molecule has 1 spiro atoms. The number of anilines is 1. The average molecular weight is 587 g/mol. The molecule has 0 radical (unpaired) electrons. The number of halogens is 1. The van der Waals surface area contributed by atoms with Crippen LogP contribution in [0.3, 0.4) is 0 Å². The molecule has 0 aromatic heterocycles. The van der Waals surface area contributed by atoms with E-state index < -0.39 is 41.1 Å². The number of hydrogen-bond donors (Lipinski definition) is 1. The number of esters is 1. The number of aryl methyl sites for hydroxylation is 1. The molecule has 41 heavy (non-hydrogen) atoms. The molecule has 3 aliphatic rings. The van der Waals surface area contributed by atoms with Crippen molar-refractivity contribution in [1.29, 1.82) is 0 Å². The Bertz CT molecular complexity index is 1180. The monoisotopic (exact) mass is 586 g/mol. The van der Waals surface area contributed by atoms with E-state index >= 15 is 0 Å². The van der Waals surface area contributed by atoms with Crippen LogP contribution in [0.2, 0.25) is 5.02 Å². The van der Waals surface area contributed by atoms with Crippen molar-refractivity contribution in [3.8, 4) is 0 Å². The van der Waals surface area contributed by atoms with Gasteiger partial charge in [-0.2, -0.15) is 0 Å². The second-order valence-corrected chi connectivity index (χ2v) is 12.3. The first-order valence-corrected chi connectivity index (χ1v) is 15.0. The van der Waals surface area contributed by atoms with Crippen LogP contribution in [0, 0.1) is 24.7 Å². The zero-order valence-electron chi connectivity index (χ0n) is 24.6. The van der Waals surface area contributed by atoms with Crippen LogP contribution in [-0.2, 0) is 23.9 Å². The van der Waals surface area contributed by atoms with Gasteiger partial charge in [0.2, 0.25) is 5.91 Å².